The molecule has 0 aromatic heterocycles. The van der Waals surface area contributed by atoms with Gasteiger partial charge < -0.3 is 20.7 Å². The molecule has 0 heterocycles. The number of hydrogen-bond donors (Lipinski definition) is 3. The second-order valence-electron chi connectivity index (χ2n) is 6.83. The van der Waals surface area contributed by atoms with Gasteiger partial charge in [-0.1, -0.05) is 30.3 Å². The van der Waals surface area contributed by atoms with Crippen molar-refractivity contribution in [3.63, 3.8) is 0 Å². The number of nitrogens with one attached hydrogen (secondary N) is 3. The molecule has 160 valence electrons. The van der Waals surface area contributed by atoms with Crippen molar-refractivity contribution in [2.24, 2.45) is 0 Å². The highest BCUT2D eigenvalue weighted by Crippen LogP contribution is 2.13. The van der Waals surface area contributed by atoms with Gasteiger partial charge >= 0.3 is 0 Å². The van der Waals surface area contributed by atoms with Crippen molar-refractivity contribution in [3.8, 4) is 5.75 Å². The van der Waals surface area contributed by atoms with E-state index in [-0.39, 0.29) is 30.7 Å². The van der Waals surface area contributed by atoms with E-state index in [1.807, 2.05) is 24.3 Å². The molecule has 31 heavy (non-hydrogen) atoms. The molecule has 2 amide bonds. The number of anilines is 1. The highest BCUT2D eigenvalue weighted by Gasteiger charge is 2.08. The zero-order valence-corrected chi connectivity index (χ0v) is 17.2. The molecule has 0 saturated carbocycles. The predicted octanol–water partition coefficient (Wildman–Crippen LogP) is 3.49. The highest BCUT2D eigenvalue weighted by atomic mass is 19.1. The van der Waals surface area contributed by atoms with Crippen molar-refractivity contribution < 1.29 is 18.7 Å². The van der Waals surface area contributed by atoms with Crippen LogP contribution in [0.15, 0.2) is 72.8 Å². The third kappa shape index (κ3) is 6.57. The number of rotatable bonds is 9. The van der Waals surface area contributed by atoms with Crippen LogP contribution in [0.4, 0.5) is 10.1 Å². The van der Waals surface area contributed by atoms with E-state index in [0.717, 1.165) is 11.3 Å². The lowest BCUT2D eigenvalue weighted by Crippen LogP contribution is -2.29. The molecule has 3 aromatic rings. The fraction of sp³-hybridized carbons (Fsp3) is 0.167. The lowest BCUT2D eigenvalue weighted by atomic mass is 10.1. The van der Waals surface area contributed by atoms with Crippen molar-refractivity contribution >= 4 is 17.5 Å². The first-order valence-corrected chi connectivity index (χ1v) is 9.80. The normalized spacial score (nSPS) is 10.3. The van der Waals surface area contributed by atoms with Crippen molar-refractivity contribution in [1.29, 1.82) is 0 Å². The molecule has 0 aliphatic heterocycles. The molecule has 6 nitrogen and oxygen atoms in total. The van der Waals surface area contributed by atoms with E-state index in [2.05, 4.69) is 16.0 Å². The number of methoxy groups -OCH3 is 1. The Labute approximate surface area is 180 Å². The van der Waals surface area contributed by atoms with E-state index in [1.165, 1.54) is 6.07 Å². The Morgan fingerprint density at radius 2 is 1.68 bits per heavy atom. The summed E-state index contributed by atoms with van der Waals surface area (Å²) in [5.41, 5.74) is 2.53. The minimum atomic E-state index is -0.355. The smallest absolute Gasteiger partial charge is 0.251 e. The molecule has 3 aromatic carbocycles. The average Bonchev–Trinajstić information content (AvgIpc) is 2.81. The summed E-state index contributed by atoms with van der Waals surface area (Å²) >= 11 is 0. The van der Waals surface area contributed by atoms with Crippen LogP contribution in [0.25, 0.3) is 0 Å². The Kier molecular flexibility index (Phi) is 7.59. The average molecular weight is 421 g/mol. The van der Waals surface area contributed by atoms with E-state index >= 15 is 0 Å². The first-order chi connectivity index (χ1) is 15.0. The maximum Gasteiger partial charge on any atom is 0.251 e. The van der Waals surface area contributed by atoms with E-state index in [4.69, 9.17) is 4.74 Å². The Balaban J connectivity index is 1.43. The van der Waals surface area contributed by atoms with Gasteiger partial charge in [-0.2, -0.15) is 0 Å². The van der Waals surface area contributed by atoms with Crippen LogP contribution in [-0.2, 0) is 17.9 Å². The zero-order chi connectivity index (χ0) is 22.1. The second-order valence-corrected chi connectivity index (χ2v) is 6.83. The Morgan fingerprint density at radius 3 is 2.42 bits per heavy atom. The molecule has 3 N–H and O–H groups in total. The van der Waals surface area contributed by atoms with E-state index in [0.29, 0.717) is 23.4 Å². The summed E-state index contributed by atoms with van der Waals surface area (Å²) in [4.78, 5) is 24.3. The SMILES string of the molecule is COc1cccc(CNC(=O)CNc2ccc(C(=O)NCc3ccccc3F)cc2)c1. The van der Waals surface area contributed by atoms with Crippen LogP contribution in [0.3, 0.4) is 0 Å². The van der Waals surface area contributed by atoms with Crippen molar-refractivity contribution in [1.82, 2.24) is 10.6 Å². The van der Waals surface area contributed by atoms with Gasteiger partial charge in [0.2, 0.25) is 5.91 Å². The van der Waals surface area contributed by atoms with Gasteiger partial charge in [0.05, 0.1) is 13.7 Å². The molecule has 0 spiro atoms. The number of hydrogen-bond acceptors (Lipinski definition) is 4. The van der Waals surface area contributed by atoms with Gasteiger partial charge in [-0.3, -0.25) is 9.59 Å². The van der Waals surface area contributed by atoms with Crippen molar-refractivity contribution in [2.75, 3.05) is 19.0 Å². The Bertz CT molecular complexity index is 1040. The van der Waals surface area contributed by atoms with E-state index in [9.17, 15) is 14.0 Å². The number of carbonyl (C=O) groups excluding carboxylic acids is 2. The zero-order valence-electron chi connectivity index (χ0n) is 17.2. The number of amides is 2. The summed E-state index contributed by atoms with van der Waals surface area (Å²) in [6, 6.07) is 20.5. The van der Waals surface area contributed by atoms with Crippen LogP contribution in [-0.4, -0.2) is 25.5 Å². The third-order valence-electron chi connectivity index (χ3n) is 4.62. The molecule has 7 heteroatoms. The first kappa shape index (κ1) is 21.8. The van der Waals surface area contributed by atoms with Gasteiger partial charge in [0.25, 0.3) is 5.91 Å². The molecular formula is C24H24FN3O3. The lowest BCUT2D eigenvalue weighted by molar-refractivity contribution is -0.119. The lowest BCUT2D eigenvalue weighted by Gasteiger charge is -2.10. The molecule has 3 rings (SSSR count). The molecule has 0 unspecified atom stereocenters. The summed E-state index contributed by atoms with van der Waals surface area (Å²) in [5.74, 6) is -0.0738. The van der Waals surface area contributed by atoms with E-state index in [1.54, 1.807) is 49.6 Å². The van der Waals surface area contributed by atoms with Gasteiger partial charge in [0, 0.05) is 29.9 Å². The quantitative estimate of drug-likeness (QED) is 0.494. The topological polar surface area (TPSA) is 79.5 Å². The predicted molar refractivity (Wildman–Crippen MR) is 117 cm³/mol. The van der Waals surface area contributed by atoms with Gasteiger partial charge in [0.15, 0.2) is 0 Å². The number of benzene rings is 3. The summed E-state index contributed by atoms with van der Waals surface area (Å²) < 4.78 is 18.8. The number of ether oxygens (including phenoxy) is 1. The molecule has 0 saturated heterocycles. The van der Waals surface area contributed by atoms with Crippen LogP contribution in [0.2, 0.25) is 0 Å². The van der Waals surface area contributed by atoms with Crippen molar-refractivity contribution in [3.05, 3.63) is 95.3 Å². The van der Waals surface area contributed by atoms with E-state index < -0.39 is 0 Å². The number of carbonyl (C=O) groups is 2. The fourth-order valence-electron chi connectivity index (χ4n) is 2.89. The maximum absolute atomic E-state index is 13.6. The summed E-state index contributed by atoms with van der Waals surface area (Å²) in [5, 5.41) is 8.55. The monoisotopic (exact) mass is 421 g/mol. The van der Waals surface area contributed by atoms with Crippen LogP contribution in [0.5, 0.6) is 5.75 Å². The van der Waals surface area contributed by atoms with Crippen LogP contribution >= 0.6 is 0 Å². The van der Waals surface area contributed by atoms with Crippen LogP contribution in [0, 0.1) is 5.82 Å². The minimum absolute atomic E-state index is 0.1000. The second kappa shape index (κ2) is 10.8. The first-order valence-electron chi connectivity index (χ1n) is 9.80. The molecule has 0 atom stereocenters. The largest absolute Gasteiger partial charge is 0.497 e. The van der Waals surface area contributed by atoms with Gasteiger partial charge in [-0.15, -0.1) is 0 Å². The Hall–Kier alpha value is -3.87. The molecule has 0 fully saturated rings. The van der Waals surface area contributed by atoms with Gasteiger partial charge in [0.1, 0.15) is 11.6 Å². The third-order valence-corrected chi connectivity index (χ3v) is 4.62. The summed E-state index contributed by atoms with van der Waals surface area (Å²) in [6.07, 6.45) is 0. The standard InChI is InChI=1S/C24H24FN3O3/c1-31-21-7-4-5-17(13-21)14-27-23(29)16-26-20-11-9-18(10-12-20)24(30)28-15-19-6-2-3-8-22(19)25/h2-13,26H,14-16H2,1H3,(H,27,29)(H,28,30). The minimum Gasteiger partial charge on any atom is -0.497 e. The summed E-state index contributed by atoms with van der Waals surface area (Å²) in [6.45, 7) is 0.612. The molecule has 0 bridgehead atoms. The number of halogens is 1. The maximum atomic E-state index is 13.6. The highest BCUT2D eigenvalue weighted by molar-refractivity contribution is 5.94. The molecule has 0 aliphatic carbocycles. The molecule has 0 radical (unpaired) electrons. The molecular weight excluding hydrogens is 397 g/mol. The Morgan fingerprint density at radius 1 is 0.903 bits per heavy atom. The van der Waals surface area contributed by atoms with Gasteiger partial charge in [-0.05, 0) is 48.0 Å². The van der Waals surface area contributed by atoms with Gasteiger partial charge in [-0.25, -0.2) is 4.39 Å². The fourth-order valence-corrected chi connectivity index (χ4v) is 2.89. The summed E-state index contributed by atoms with van der Waals surface area (Å²) in [7, 11) is 1.60. The van der Waals surface area contributed by atoms with Crippen LogP contribution < -0.4 is 20.7 Å². The van der Waals surface area contributed by atoms with Crippen molar-refractivity contribution in [2.45, 2.75) is 13.1 Å². The van der Waals surface area contributed by atoms with Crippen LogP contribution in [0.1, 0.15) is 21.5 Å². The molecule has 0 aliphatic rings.